The zero-order chi connectivity index (χ0) is 23.3. The molecule has 7 nitrogen and oxygen atoms in total. The largest absolute Gasteiger partial charge is 0.493 e. The molecule has 0 bridgehead atoms. The molecule has 1 aliphatic rings. The summed E-state index contributed by atoms with van der Waals surface area (Å²) in [6.45, 7) is 6.32. The van der Waals surface area contributed by atoms with E-state index in [2.05, 4.69) is 10.4 Å². The Morgan fingerprint density at radius 3 is 2.53 bits per heavy atom. The number of benzene rings is 1. The average molecular weight is 447 g/mol. The number of ether oxygens (including phenoxy) is 1. The molecule has 0 atom stereocenters. The van der Waals surface area contributed by atoms with Gasteiger partial charge in [0.15, 0.2) is 0 Å². The first-order valence-corrected chi connectivity index (χ1v) is 11.8. The smallest absolute Gasteiger partial charge is 0.350 e. The van der Waals surface area contributed by atoms with Crippen molar-refractivity contribution in [3.05, 3.63) is 39.8 Å². The van der Waals surface area contributed by atoms with Gasteiger partial charge in [-0.1, -0.05) is 46.5 Å². The fourth-order valence-electron chi connectivity index (χ4n) is 4.33. The molecule has 0 radical (unpaired) electrons. The van der Waals surface area contributed by atoms with E-state index in [9.17, 15) is 9.59 Å². The van der Waals surface area contributed by atoms with Crippen LogP contribution in [0.25, 0.3) is 5.69 Å². The fourth-order valence-corrected chi connectivity index (χ4v) is 4.33. The molecular formula is C24H35FN4O3. The van der Waals surface area contributed by atoms with Crippen LogP contribution in [0.3, 0.4) is 0 Å². The maximum atomic E-state index is 15.1. The van der Waals surface area contributed by atoms with Crippen LogP contribution in [-0.4, -0.2) is 32.9 Å². The third kappa shape index (κ3) is 5.22. The molecule has 32 heavy (non-hydrogen) atoms. The van der Waals surface area contributed by atoms with Crippen LogP contribution in [0.1, 0.15) is 81.9 Å². The van der Waals surface area contributed by atoms with Gasteiger partial charge in [0, 0.05) is 25.6 Å². The lowest BCUT2D eigenvalue weighted by atomic mass is 10.1. The van der Waals surface area contributed by atoms with Gasteiger partial charge in [0.1, 0.15) is 23.1 Å². The molecule has 3 rings (SSSR count). The predicted octanol–water partition coefficient (Wildman–Crippen LogP) is 4.15. The summed E-state index contributed by atoms with van der Waals surface area (Å²) in [7, 11) is 1.61. The number of carbonyl (C=O) groups is 1. The van der Waals surface area contributed by atoms with Gasteiger partial charge in [-0.25, -0.2) is 9.18 Å². The van der Waals surface area contributed by atoms with Crippen molar-refractivity contribution >= 4 is 5.91 Å². The molecule has 176 valence electrons. The first kappa shape index (κ1) is 24.0. The summed E-state index contributed by atoms with van der Waals surface area (Å²) in [4.78, 5) is 25.6. The maximum absolute atomic E-state index is 15.1. The molecule has 0 aliphatic heterocycles. The Morgan fingerprint density at radius 1 is 1.25 bits per heavy atom. The van der Waals surface area contributed by atoms with Crippen molar-refractivity contribution in [3.63, 3.8) is 0 Å². The molecular weight excluding hydrogens is 411 g/mol. The molecule has 1 aromatic carbocycles. The molecule has 2 aromatic rings. The number of hydrogen-bond acceptors (Lipinski definition) is 4. The number of carbonyl (C=O) groups excluding carboxylic acids is 1. The molecule has 1 saturated carbocycles. The quantitative estimate of drug-likeness (QED) is 0.595. The Balaban J connectivity index is 1.95. The van der Waals surface area contributed by atoms with Gasteiger partial charge in [-0.3, -0.25) is 9.36 Å². The minimum absolute atomic E-state index is 0.00194. The van der Waals surface area contributed by atoms with Crippen molar-refractivity contribution in [3.8, 4) is 11.4 Å². The van der Waals surface area contributed by atoms with E-state index in [1.807, 2.05) is 20.8 Å². The van der Waals surface area contributed by atoms with Gasteiger partial charge in [0.05, 0.1) is 12.2 Å². The van der Waals surface area contributed by atoms with E-state index in [-0.39, 0.29) is 28.9 Å². The van der Waals surface area contributed by atoms with Crippen molar-refractivity contribution in [1.82, 2.24) is 19.7 Å². The highest BCUT2D eigenvalue weighted by molar-refractivity contribution is 5.97. The zero-order valence-electron chi connectivity index (χ0n) is 19.6. The van der Waals surface area contributed by atoms with Crippen molar-refractivity contribution in [2.24, 2.45) is 13.0 Å². The number of hydrogen-bond donors (Lipinski definition) is 1. The molecule has 1 amide bonds. The monoisotopic (exact) mass is 446 g/mol. The van der Waals surface area contributed by atoms with Gasteiger partial charge in [-0.15, -0.1) is 5.10 Å². The summed E-state index contributed by atoms with van der Waals surface area (Å²) < 4.78 is 23.6. The van der Waals surface area contributed by atoms with E-state index < -0.39 is 11.5 Å². The van der Waals surface area contributed by atoms with Crippen molar-refractivity contribution in [2.45, 2.75) is 78.2 Å². The van der Waals surface area contributed by atoms with E-state index in [0.29, 0.717) is 24.8 Å². The minimum atomic E-state index is -0.689. The topological polar surface area (TPSA) is 78.2 Å². The van der Waals surface area contributed by atoms with Crippen LogP contribution in [0.15, 0.2) is 16.9 Å². The SMILES string of the molecule is CCc1nn(-c2cc(OCCC3CCCC3)c(C(=O)NC(CC)CC)cc2F)c(=O)n1C. The van der Waals surface area contributed by atoms with Crippen molar-refractivity contribution in [2.75, 3.05) is 6.61 Å². The zero-order valence-corrected chi connectivity index (χ0v) is 19.6. The number of halogens is 1. The highest BCUT2D eigenvalue weighted by atomic mass is 19.1. The van der Waals surface area contributed by atoms with Crippen LogP contribution in [0.5, 0.6) is 5.75 Å². The summed E-state index contributed by atoms with van der Waals surface area (Å²) >= 11 is 0. The highest BCUT2D eigenvalue weighted by Crippen LogP contribution is 2.29. The van der Waals surface area contributed by atoms with Gasteiger partial charge in [0.25, 0.3) is 5.91 Å². The number of rotatable bonds is 10. The molecule has 1 N–H and O–H groups in total. The number of amides is 1. The van der Waals surface area contributed by atoms with E-state index in [0.717, 1.165) is 30.0 Å². The third-order valence-electron chi connectivity index (χ3n) is 6.49. The predicted molar refractivity (Wildman–Crippen MR) is 122 cm³/mol. The van der Waals surface area contributed by atoms with Crippen LogP contribution >= 0.6 is 0 Å². The average Bonchev–Trinajstić information content (AvgIpc) is 3.41. The number of aromatic nitrogens is 3. The molecule has 0 spiro atoms. The summed E-state index contributed by atoms with van der Waals surface area (Å²) in [5.74, 6) is 0.391. The fraction of sp³-hybridized carbons (Fsp3) is 0.625. The van der Waals surface area contributed by atoms with Crippen molar-refractivity contribution in [1.29, 1.82) is 0 Å². The standard InChI is InChI=1S/C24H35FN4O3/c1-5-17(6-2)26-23(30)18-14-19(25)20(29-24(31)28(4)22(7-3)27-29)15-21(18)32-13-12-16-10-8-9-11-16/h14-17H,5-13H2,1-4H3,(H,26,30). The second kappa shape index (κ2) is 10.8. The molecule has 0 unspecified atom stereocenters. The Morgan fingerprint density at radius 2 is 1.94 bits per heavy atom. The lowest BCUT2D eigenvalue weighted by Crippen LogP contribution is -2.34. The van der Waals surface area contributed by atoms with E-state index >= 15 is 4.39 Å². The summed E-state index contributed by atoms with van der Waals surface area (Å²) in [5.41, 5.74) is -0.309. The van der Waals surface area contributed by atoms with Gasteiger partial charge in [0.2, 0.25) is 0 Å². The van der Waals surface area contributed by atoms with E-state index in [1.165, 1.54) is 36.3 Å². The normalized spacial score (nSPS) is 14.3. The Bertz CT molecular complexity index is 988. The minimum Gasteiger partial charge on any atom is -0.493 e. The number of nitrogens with zero attached hydrogens (tertiary/aromatic N) is 3. The second-order valence-corrected chi connectivity index (χ2v) is 8.60. The first-order valence-electron chi connectivity index (χ1n) is 11.8. The Hall–Kier alpha value is -2.64. The van der Waals surface area contributed by atoms with Crippen LogP contribution in [-0.2, 0) is 13.5 Å². The second-order valence-electron chi connectivity index (χ2n) is 8.60. The third-order valence-corrected chi connectivity index (χ3v) is 6.49. The highest BCUT2D eigenvalue weighted by Gasteiger charge is 2.23. The number of nitrogens with one attached hydrogen (secondary N) is 1. The van der Waals surface area contributed by atoms with Crippen molar-refractivity contribution < 1.29 is 13.9 Å². The first-order chi connectivity index (χ1) is 15.4. The van der Waals surface area contributed by atoms with Crippen LogP contribution in [0.4, 0.5) is 4.39 Å². The van der Waals surface area contributed by atoms with Crippen LogP contribution in [0, 0.1) is 11.7 Å². The maximum Gasteiger partial charge on any atom is 0.350 e. The van der Waals surface area contributed by atoms with Crippen LogP contribution in [0.2, 0.25) is 0 Å². The molecule has 1 fully saturated rings. The molecule has 0 saturated heterocycles. The lowest BCUT2D eigenvalue weighted by molar-refractivity contribution is 0.0930. The molecule has 8 heteroatoms. The molecule has 1 aromatic heterocycles. The number of aryl methyl sites for hydroxylation is 1. The van der Waals surface area contributed by atoms with Crippen LogP contribution < -0.4 is 15.7 Å². The molecule has 1 aliphatic carbocycles. The van der Waals surface area contributed by atoms with E-state index in [1.54, 1.807) is 7.05 Å². The van der Waals surface area contributed by atoms with Gasteiger partial charge in [-0.05, 0) is 31.2 Å². The van der Waals surface area contributed by atoms with E-state index in [4.69, 9.17) is 4.74 Å². The van der Waals surface area contributed by atoms with Gasteiger partial charge in [-0.2, -0.15) is 4.68 Å². The summed E-state index contributed by atoms with van der Waals surface area (Å²) in [6.07, 6.45) is 7.89. The molecule has 1 heterocycles. The van der Waals surface area contributed by atoms with Gasteiger partial charge < -0.3 is 10.1 Å². The summed E-state index contributed by atoms with van der Waals surface area (Å²) in [6, 6.07) is 2.59. The lowest BCUT2D eigenvalue weighted by Gasteiger charge is -2.18. The Labute approximate surface area is 189 Å². The van der Waals surface area contributed by atoms with Gasteiger partial charge >= 0.3 is 5.69 Å². The Kier molecular flexibility index (Phi) is 8.10. The summed E-state index contributed by atoms with van der Waals surface area (Å²) in [5, 5.41) is 7.21.